The molecule has 2 heterocycles. The minimum absolute atomic E-state index is 0.143. The molecule has 0 saturated carbocycles. The number of esters is 1. The second-order valence-electron chi connectivity index (χ2n) is 3.74. The van der Waals surface area contributed by atoms with Crippen LogP contribution in [-0.4, -0.2) is 38.8 Å². The Morgan fingerprint density at radius 3 is 2.95 bits per heavy atom. The number of methoxy groups -OCH3 is 1. The first-order chi connectivity index (χ1) is 9.13. The van der Waals surface area contributed by atoms with E-state index in [0.29, 0.717) is 11.1 Å². The molecule has 2 aromatic rings. The molecule has 0 unspecified atom stereocenters. The molecule has 0 amide bonds. The number of hydrogen-bond donors (Lipinski definition) is 0. The molecule has 102 valence electrons. The molecule has 0 saturated heterocycles. The van der Waals surface area contributed by atoms with Gasteiger partial charge >= 0.3 is 5.97 Å². The minimum Gasteiger partial charge on any atom is -0.468 e. The Labute approximate surface area is 114 Å². The number of carbonyl (C=O) groups excluding carboxylic acids is 1. The molecule has 0 aliphatic carbocycles. The van der Waals surface area contributed by atoms with Crippen molar-refractivity contribution in [2.24, 2.45) is 7.05 Å². The van der Waals surface area contributed by atoms with Crippen LogP contribution >= 0.6 is 11.8 Å². The van der Waals surface area contributed by atoms with E-state index < -0.39 is 0 Å². The van der Waals surface area contributed by atoms with E-state index in [1.165, 1.54) is 7.11 Å². The molecule has 2 aromatic heterocycles. The molecule has 2 rings (SSSR count). The molecule has 0 aliphatic rings. The SMILES string of the molecule is CCc1cc(-c2nnc(SCC(=O)OC)o2)n(C)n1. The first kappa shape index (κ1) is 13.6. The molecule has 0 N–H and O–H groups in total. The van der Waals surface area contributed by atoms with Crippen molar-refractivity contribution in [2.75, 3.05) is 12.9 Å². The van der Waals surface area contributed by atoms with Gasteiger partial charge in [0.15, 0.2) is 0 Å². The number of carbonyl (C=O) groups is 1. The summed E-state index contributed by atoms with van der Waals surface area (Å²) >= 11 is 1.14. The van der Waals surface area contributed by atoms with Crippen LogP contribution in [0.5, 0.6) is 0 Å². The maximum atomic E-state index is 11.0. The Bertz CT molecular complexity index is 578. The first-order valence-corrected chi connectivity index (χ1v) is 6.69. The highest BCUT2D eigenvalue weighted by Crippen LogP contribution is 2.23. The Morgan fingerprint density at radius 2 is 2.32 bits per heavy atom. The predicted molar refractivity (Wildman–Crippen MR) is 68.6 cm³/mol. The predicted octanol–water partition coefficient (Wildman–Crippen LogP) is 1.30. The van der Waals surface area contributed by atoms with E-state index in [1.54, 1.807) is 4.68 Å². The number of ether oxygens (including phenoxy) is 1. The number of aryl methyl sites for hydroxylation is 2. The average molecular weight is 282 g/mol. The highest BCUT2D eigenvalue weighted by molar-refractivity contribution is 7.99. The summed E-state index contributed by atoms with van der Waals surface area (Å²) < 4.78 is 11.7. The summed E-state index contributed by atoms with van der Waals surface area (Å²) in [6, 6.07) is 1.91. The third-order valence-electron chi connectivity index (χ3n) is 2.46. The van der Waals surface area contributed by atoms with Gasteiger partial charge in [-0.3, -0.25) is 9.48 Å². The molecule has 0 radical (unpaired) electrons. The zero-order chi connectivity index (χ0) is 13.8. The fourth-order valence-electron chi connectivity index (χ4n) is 1.45. The topological polar surface area (TPSA) is 83.0 Å². The van der Waals surface area contributed by atoms with E-state index in [0.717, 1.165) is 29.6 Å². The van der Waals surface area contributed by atoms with Gasteiger partial charge in [0.25, 0.3) is 11.1 Å². The highest BCUT2D eigenvalue weighted by Gasteiger charge is 2.15. The summed E-state index contributed by atoms with van der Waals surface area (Å²) in [7, 11) is 3.16. The van der Waals surface area contributed by atoms with Crippen molar-refractivity contribution < 1.29 is 13.9 Å². The lowest BCUT2D eigenvalue weighted by Crippen LogP contribution is -2.02. The van der Waals surface area contributed by atoms with Gasteiger partial charge in [0.1, 0.15) is 11.4 Å². The first-order valence-electron chi connectivity index (χ1n) is 5.70. The van der Waals surface area contributed by atoms with Gasteiger partial charge in [0.05, 0.1) is 12.8 Å². The van der Waals surface area contributed by atoms with Crippen molar-refractivity contribution in [3.05, 3.63) is 11.8 Å². The fraction of sp³-hybridized carbons (Fsp3) is 0.455. The van der Waals surface area contributed by atoms with Crippen LogP contribution in [0.1, 0.15) is 12.6 Å². The third-order valence-corrected chi connectivity index (χ3v) is 3.25. The van der Waals surface area contributed by atoms with Crippen LogP contribution in [0.25, 0.3) is 11.6 Å². The van der Waals surface area contributed by atoms with Gasteiger partial charge in [0, 0.05) is 7.05 Å². The Hall–Kier alpha value is -1.83. The largest absolute Gasteiger partial charge is 0.468 e. The van der Waals surface area contributed by atoms with Crippen molar-refractivity contribution in [1.82, 2.24) is 20.0 Å². The molecular weight excluding hydrogens is 268 g/mol. The van der Waals surface area contributed by atoms with Gasteiger partial charge in [-0.05, 0) is 12.5 Å². The molecule has 19 heavy (non-hydrogen) atoms. The van der Waals surface area contributed by atoms with E-state index >= 15 is 0 Å². The molecule has 0 bridgehead atoms. The highest BCUT2D eigenvalue weighted by atomic mass is 32.2. The summed E-state index contributed by atoms with van der Waals surface area (Å²) in [6.07, 6.45) is 0.839. The molecule has 0 fully saturated rings. The maximum absolute atomic E-state index is 11.0. The van der Waals surface area contributed by atoms with E-state index in [2.05, 4.69) is 20.0 Å². The maximum Gasteiger partial charge on any atom is 0.316 e. The van der Waals surface area contributed by atoms with Gasteiger partial charge in [-0.15, -0.1) is 10.2 Å². The van der Waals surface area contributed by atoms with Crippen LogP contribution in [0.3, 0.4) is 0 Å². The number of hydrogen-bond acceptors (Lipinski definition) is 7. The van der Waals surface area contributed by atoms with E-state index in [4.69, 9.17) is 4.42 Å². The standard InChI is InChI=1S/C11H14N4O3S/c1-4-7-5-8(15(2)14-7)10-12-13-11(18-10)19-6-9(16)17-3/h5H,4,6H2,1-3H3. The van der Waals surface area contributed by atoms with Crippen LogP contribution in [0.4, 0.5) is 0 Å². The number of rotatable bonds is 5. The van der Waals surface area contributed by atoms with Crippen molar-refractivity contribution in [1.29, 1.82) is 0 Å². The molecule has 8 heteroatoms. The lowest BCUT2D eigenvalue weighted by atomic mass is 10.3. The molecule has 0 spiro atoms. The number of aromatic nitrogens is 4. The van der Waals surface area contributed by atoms with Crippen LogP contribution in [0.2, 0.25) is 0 Å². The lowest BCUT2D eigenvalue weighted by Gasteiger charge is -1.95. The average Bonchev–Trinajstić information content (AvgIpc) is 3.01. The van der Waals surface area contributed by atoms with Gasteiger partial charge in [-0.2, -0.15) is 5.10 Å². The van der Waals surface area contributed by atoms with E-state index in [9.17, 15) is 4.79 Å². The fourth-order valence-corrected chi connectivity index (χ4v) is 2.05. The molecule has 0 atom stereocenters. The van der Waals surface area contributed by atoms with Gasteiger partial charge in [-0.1, -0.05) is 18.7 Å². The van der Waals surface area contributed by atoms with Crippen LogP contribution in [0, 0.1) is 0 Å². The molecule has 0 aliphatic heterocycles. The summed E-state index contributed by atoms with van der Waals surface area (Å²) in [6.45, 7) is 2.03. The number of nitrogens with zero attached hydrogens (tertiary/aromatic N) is 4. The number of thioether (sulfide) groups is 1. The summed E-state index contributed by atoms with van der Waals surface area (Å²) in [5.74, 6) is 0.199. The lowest BCUT2D eigenvalue weighted by molar-refractivity contribution is -0.137. The van der Waals surface area contributed by atoms with E-state index in [1.807, 2.05) is 20.0 Å². The molecule has 7 nitrogen and oxygen atoms in total. The zero-order valence-corrected chi connectivity index (χ0v) is 11.7. The van der Waals surface area contributed by atoms with Crippen LogP contribution in [-0.2, 0) is 23.0 Å². The Balaban J connectivity index is 2.11. The van der Waals surface area contributed by atoms with Gasteiger partial charge in [-0.25, -0.2) is 0 Å². The quantitative estimate of drug-likeness (QED) is 0.603. The summed E-state index contributed by atoms with van der Waals surface area (Å²) in [4.78, 5) is 11.0. The Kier molecular flexibility index (Phi) is 4.20. The second kappa shape index (κ2) is 5.87. The van der Waals surface area contributed by atoms with Gasteiger partial charge in [0.2, 0.25) is 0 Å². The molecule has 0 aromatic carbocycles. The summed E-state index contributed by atoms with van der Waals surface area (Å²) in [5, 5.41) is 12.5. The third kappa shape index (κ3) is 3.14. The normalized spacial score (nSPS) is 10.7. The molecular formula is C11H14N4O3S. The van der Waals surface area contributed by atoms with Crippen molar-refractivity contribution in [3.8, 4) is 11.6 Å². The monoisotopic (exact) mass is 282 g/mol. The van der Waals surface area contributed by atoms with Gasteiger partial charge < -0.3 is 9.15 Å². The van der Waals surface area contributed by atoms with Crippen molar-refractivity contribution in [3.63, 3.8) is 0 Å². The van der Waals surface area contributed by atoms with E-state index in [-0.39, 0.29) is 11.7 Å². The Morgan fingerprint density at radius 1 is 1.53 bits per heavy atom. The van der Waals surface area contributed by atoms with Crippen molar-refractivity contribution >= 4 is 17.7 Å². The smallest absolute Gasteiger partial charge is 0.316 e. The van der Waals surface area contributed by atoms with Crippen molar-refractivity contribution in [2.45, 2.75) is 18.6 Å². The summed E-state index contributed by atoms with van der Waals surface area (Å²) in [5.41, 5.74) is 1.72. The van der Waals surface area contributed by atoms with Crippen LogP contribution in [0.15, 0.2) is 15.7 Å². The second-order valence-corrected chi connectivity index (χ2v) is 4.66. The zero-order valence-electron chi connectivity index (χ0n) is 10.9. The minimum atomic E-state index is -0.335. The van der Waals surface area contributed by atoms with Crippen LogP contribution < -0.4 is 0 Å².